The van der Waals surface area contributed by atoms with Crippen LogP contribution in [0.5, 0.6) is 0 Å². The summed E-state index contributed by atoms with van der Waals surface area (Å²) < 4.78 is 4.94. The predicted octanol–water partition coefficient (Wildman–Crippen LogP) is 14.4. The van der Waals surface area contributed by atoms with Crippen LogP contribution in [0.4, 0.5) is 0 Å². The summed E-state index contributed by atoms with van der Waals surface area (Å²) in [4.78, 5) is 0. The van der Waals surface area contributed by atoms with E-state index in [1.165, 1.54) is 57.3 Å². The number of rotatable bonds is 4. The second kappa shape index (κ2) is 28.9. The maximum absolute atomic E-state index is 4.94. The van der Waals surface area contributed by atoms with Crippen molar-refractivity contribution in [2.75, 3.05) is 13.2 Å². The van der Waals surface area contributed by atoms with Gasteiger partial charge in [0, 0.05) is 45.5 Å². The van der Waals surface area contributed by atoms with Crippen LogP contribution in [0.25, 0.3) is 0 Å². The fraction of sp³-hybridized carbons (Fsp3) is 0.615. The van der Waals surface area contributed by atoms with Crippen molar-refractivity contribution in [3.05, 3.63) is 89.0 Å². The molecule has 1 aliphatic heterocycles. The van der Waals surface area contributed by atoms with Gasteiger partial charge >= 0.3 is 153 Å². The molecule has 4 radical (unpaired) electrons. The average molecular weight is 1500 g/mol. The molecule has 0 aromatic heterocycles. The molecule has 1 nitrogen and oxygen atoms in total. The van der Waals surface area contributed by atoms with Gasteiger partial charge < -0.3 is 16.1 Å². The van der Waals surface area contributed by atoms with Crippen LogP contribution in [-0.4, -0.2) is 45.5 Å². The molecule has 0 atom stereocenters. The fourth-order valence-electron chi connectivity index (χ4n) is 9.89. The maximum Gasteiger partial charge on any atom is 3.00 e. The van der Waals surface area contributed by atoms with E-state index in [0.717, 1.165) is 13.2 Å². The van der Waals surface area contributed by atoms with E-state index in [-0.39, 0.29) is 164 Å². The van der Waals surface area contributed by atoms with Crippen molar-refractivity contribution in [3.8, 4) is 0 Å². The zero-order chi connectivity index (χ0) is 45.1. The predicted molar refractivity (Wildman–Crippen MR) is 285 cm³/mol. The van der Waals surface area contributed by atoms with Crippen molar-refractivity contribution in [2.24, 2.45) is 0 Å². The molecule has 5 rings (SSSR count). The Balaban J connectivity index is -0.0000000574. The molecule has 0 amide bonds. The van der Waals surface area contributed by atoms with Gasteiger partial charge in [-0.15, -0.1) is 0 Å². The molecule has 0 aliphatic carbocycles. The van der Waals surface area contributed by atoms with Crippen LogP contribution in [0.1, 0.15) is 113 Å². The molecule has 1 fully saturated rings. The van der Waals surface area contributed by atoms with Gasteiger partial charge in [-0.25, -0.2) is 0 Å². The quantitative estimate of drug-likeness (QED) is 0.146. The van der Waals surface area contributed by atoms with Crippen molar-refractivity contribution in [1.82, 2.24) is 0 Å². The van der Waals surface area contributed by atoms with Crippen LogP contribution in [0, 0.1) is 263 Å². The molecule has 4 aromatic rings. The molecule has 1 aliphatic rings. The molecule has 0 N–H and O–H groups in total. The van der Waals surface area contributed by atoms with Gasteiger partial charge in [0.05, 0.1) is 0 Å². The monoisotopic (exact) mass is 1510 g/mol. The minimum absolute atomic E-state index is 0. The van der Waals surface area contributed by atoms with E-state index in [9.17, 15) is 0 Å². The smallest absolute Gasteiger partial charge is 1.00 e. The van der Waals surface area contributed by atoms with Gasteiger partial charge in [-0.2, -0.15) is 110 Å². The standard InChI is InChI=1S/4C12H21Si.C4H8O.4Dy.8H/c4*1-8-9(2)11(4)12(10(8)3)13(5,6)7;1-2-4-5-3-1;;;;;;;;;;;;/h4*1-7H3;1-4H2;;;;;;;;;;;;/q4*-1;;4*+3;8*-1. The van der Waals surface area contributed by atoms with Crippen LogP contribution >= 0.6 is 0 Å². The zero-order valence-corrected chi connectivity index (χ0v) is 56.6. The molecular weight excluding hydrogens is 1400 g/mol. The van der Waals surface area contributed by atoms with Crippen molar-refractivity contribution in [2.45, 2.75) is 202 Å². The molecule has 0 unspecified atom stereocenters. The summed E-state index contributed by atoms with van der Waals surface area (Å²) in [6, 6.07) is 0. The van der Waals surface area contributed by atoms with E-state index in [0.29, 0.717) is 0 Å². The third-order valence-corrected chi connectivity index (χ3v) is 22.6. The summed E-state index contributed by atoms with van der Waals surface area (Å²) in [7, 11) is -4.53. The second-order valence-corrected chi connectivity index (χ2v) is 41.8. The van der Waals surface area contributed by atoms with Crippen molar-refractivity contribution in [3.63, 3.8) is 0 Å². The normalized spacial score (nSPS) is 12.4. The summed E-state index contributed by atoms with van der Waals surface area (Å²) in [6.07, 6.45) is 2.56. The Morgan fingerprint density at radius 1 is 0.279 bits per heavy atom. The average Bonchev–Trinajstić information content (AvgIpc) is 3.84. The molecule has 0 saturated carbocycles. The van der Waals surface area contributed by atoms with Crippen LogP contribution in [0.2, 0.25) is 78.6 Å². The van der Waals surface area contributed by atoms with Gasteiger partial charge in [0.15, 0.2) is 0 Å². The summed E-state index contributed by atoms with van der Waals surface area (Å²) in [5.41, 5.74) is 24.5. The van der Waals surface area contributed by atoms with Gasteiger partial charge in [-0.1, -0.05) is 189 Å². The molecule has 9 heteroatoms. The minimum Gasteiger partial charge on any atom is -1.00 e. The van der Waals surface area contributed by atoms with E-state index in [4.69, 9.17) is 4.74 Å². The molecule has 4 aromatic carbocycles. The van der Waals surface area contributed by atoms with Gasteiger partial charge in [-0.3, -0.25) is 0 Å². The van der Waals surface area contributed by atoms with Gasteiger partial charge in [-0.05, 0) is 12.8 Å². The molecule has 1 heterocycles. The van der Waals surface area contributed by atoms with Crippen molar-refractivity contribution in [1.29, 1.82) is 0 Å². The minimum atomic E-state index is -1.13. The van der Waals surface area contributed by atoms with E-state index >= 15 is 0 Å². The Kier molecular flexibility index (Phi) is 33.5. The summed E-state index contributed by atoms with van der Waals surface area (Å²) in [5.74, 6) is 0. The Hall–Kier alpha value is 3.32. The Morgan fingerprint density at radius 2 is 0.393 bits per heavy atom. The van der Waals surface area contributed by atoms with Gasteiger partial charge in [0.25, 0.3) is 0 Å². The Bertz CT molecular complexity index is 1610. The third-order valence-electron chi connectivity index (χ3n) is 13.6. The molecule has 61 heavy (non-hydrogen) atoms. The molecule has 0 bridgehead atoms. The Morgan fingerprint density at radius 3 is 0.443 bits per heavy atom. The number of ether oxygens (including phenoxy) is 1. The van der Waals surface area contributed by atoms with Gasteiger partial charge in [0.1, 0.15) is 0 Å². The molecule has 1 saturated heterocycles. The van der Waals surface area contributed by atoms with Gasteiger partial charge in [0.2, 0.25) is 0 Å². The number of hydrogen-bond acceptors (Lipinski definition) is 1. The summed E-state index contributed by atoms with van der Waals surface area (Å²) >= 11 is 0. The first-order chi connectivity index (χ1) is 25.6. The van der Waals surface area contributed by atoms with Crippen LogP contribution < -0.4 is 20.7 Å². The summed E-state index contributed by atoms with van der Waals surface area (Å²) in [6.45, 7) is 67.4. The van der Waals surface area contributed by atoms with E-state index < -0.39 is 32.3 Å². The Labute approximate surface area is 518 Å². The largest absolute Gasteiger partial charge is 3.00 e. The van der Waals surface area contributed by atoms with E-state index in [1.807, 2.05) is 0 Å². The fourth-order valence-corrected chi connectivity index (χ4v) is 20.4. The zero-order valence-electron chi connectivity index (χ0n) is 52.5. The second-order valence-electron chi connectivity index (χ2n) is 21.8. The van der Waals surface area contributed by atoms with Crippen molar-refractivity contribution < 1.29 is 169 Å². The van der Waals surface area contributed by atoms with Crippen LogP contribution in [0.3, 0.4) is 0 Å². The first-order valence-electron chi connectivity index (χ1n) is 22.1. The van der Waals surface area contributed by atoms with Crippen LogP contribution in [-0.2, 0) is 4.74 Å². The van der Waals surface area contributed by atoms with E-state index in [2.05, 4.69) is 189 Å². The third kappa shape index (κ3) is 18.9. The first kappa shape index (κ1) is 70.9. The van der Waals surface area contributed by atoms with E-state index in [1.54, 1.807) is 65.3 Å². The molecule has 370 valence electrons. The topological polar surface area (TPSA) is 9.23 Å². The SMILES string of the molecule is C1CCOC1.Cc1c(C)c(C)[c-]([Si](C)(C)C)c1C.Cc1c(C)c(C)[c-]([Si](C)(C)C)c1C.Cc1c(C)c(C)[c-]([Si](C)(C)C)c1C.Cc1c(C)c(C)[c-]([Si](C)(C)C)c1C.[Dy+3].[Dy+3].[Dy+3].[Dy+3].[H-].[H-].[H-].[H-].[H-].[H-].[H-].[H-]. The van der Waals surface area contributed by atoms with Crippen molar-refractivity contribution >= 4 is 53.0 Å². The summed E-state index contributed by atoms with van der Waals surface area (Å²) in [5, 5.41) is 6.73. The molecular formula is C52H100Dy4OSi4. The first-order valence-corrected chi connectivity index (χ1v) is 36.1. The number of hydrogen-bond donors (Lipinski definition) is 0. The van der Waals surface area contributed by atoms with Crippen LogP contribution in [0.15, 0.2) is 0 Å². The molecule has 0 spiro atoms. The maximum atomic E-state index is 4.94.